The number of para-hydroxylation sites is 2. The largest absolute Gasteiger partial charge is 0.370 e. The molecule has 1 aliphatic rings. The highest BCUT2D eigenvalue weighted by molar-refractivity contribution is 6.12. The minimum absolute atomic E-state index is 1.11. The van der Waals surface area contributed by atoms with Gasteiger partial charge in [-0.1, -0.05) is 91.0 Å². The number of nitrogens with zero attached hydrogens (tertiary/aromatic N) is 4. The summed E-state index contributed by atoms with van der Waals surface area (Å²) in [5, 5.41) is 1.25. The van der Waals surface area contributed by atoms with Crippen LogP contribution in [0.1, 0.15) is 0 Å². The van der Waals surface area contributed by atoms with E-state index in [1.54, 1.807) is 0 Å². The summed E-state index contributed by atoms with van der Waals surface area (Å²) in [5.74, 6) is 2.28. The van der Waals surface area contributed by atoms with Gasteiger partial charge in [-0.3, -0.25) is 0 Å². The van der Waals surface area contributed by atoms with Crippen molar-refractivity contribution in [3.63, 3.8) is 0 Å². The maximum atomic E-state index is 2.42. The van der Waals surface area contributed by atoms with Gasteiger partial charge in [0.2, 0.25) is 0 Å². The zero-order valence-corrected chi connectivity index (χ0v) is 20.7. The molecule has 0 saturated carbocycles. The first-order valence-corrected chi connectivity index (χ1v) is 12.3. The Balaban J connectivity index is 1.69. The summed E-state index contributed by atoms with van der Waals surface area (Å²) in [5.41, 5.74) is 9.89. The Morgan fingerprint density at radius 3 is 2.08 bits per heavy atom. The molecule has 0 saturated heterocycles. The molecule has 0 N–H and O–H groups in total. The van der Waals surface area contributed by atoms with Crippen LogP contribution < -0.4 is 9.47 Å². The van der Waals surface area contributed by atoms with Gasteiger partial charge in [-0.2, -0.15) is 4.57 Å². The van der Waals surface area contributed by atoms with E-state index in [0.717, 1.165) is 5.95 Å². The molecule has 0 bridgehead atoms. The van der Waals surface area contributed by atoms with Crippen LogP contribution in [0.3, 0.4) is 0 Å². The minimum atomic E-state index is 1.11. The summed E-state index contributed by atoms with van der Waals surface area (Å²) in [7, 11) is 6.45. The maximum Gasteiger partial charge on any atom is 0.370 e. The number of fused-ring (bicyclic) bond motifs is 7. The summed E-state index contributed by atoms with van der Waals surface area (Å²) < 4.78 is 6.81. The second kappa shape index (κ2) is 7.72. The van der Waals surface area contributed by atoms with Gasteiger partial charge in [0.05, 0.1) is 37.7 Å². The monoisotopic (exact) mass is 467 g/mol. The van der Waals surface area contributed by atoms with Crippen LogP contribution in [0.15, 0.2) is 109 Å². The third-order valence-corrected chi connectivity index (χ3v) is 7.46. The molecule has 4 aromatic carbocycles. The van der Waals surface area contributed by atoms with Crippen LogP contribution in [0.25, 0.3) is 50.2 Å². The lowest BCUT2D eigenvalue weighted by Gasteiger charge is -2.24. The topological polar surface area (TPSA) is 17.0 Å². The maximum absolute atomic E-state index is 2.42. The van der Waals surface area contributed by atoms with Crippen molar-refractivity contribution >= 4 is 22.4 Å². The van der Waals surface area contributed by atoms with Gasteiger partial charge in [-0.05, 0) is 22.8 Å². The van der Waals surface area contributed by atoms with Crippen molar-refractivity contribution in [3.8, 4) is 39.3 Å². The second-order valence-electron chi connectivity index (χ2n) is 9.54. The summed E-state index contributed by atoms with van der Waals surface area (Å²) in [6.07, 6.45) is 4.23. The van der Waals surface area contributed by atoms with Crippen LogP contribution in [0.2, 0.25) is 0 Å². The highest BCUT2D eigenvalue weighted by Gasteiger charge is 2.35. The quantitative estimate of drug-likeness (QED) is 0.254. The predicted octanol–water partition coefficient (Wildman–Crippen LogP) is 6.88. The first-order valence-electron chi connectivity index (χ1n) is 12.3. The van der Waals surface area contributed by atoms with E-state index in [1.165, 1.54) is 55.8 Å². The molecule has 0 aliphatic carbocycles. The Morgan fingerprint density at radius 1 is 0.639 bits per heavy atom. The number of imidazole rings is 1. The Bertz CT molecular complexity index is 1750. The number of hydrogen-bond donors (Lipinski definition) is 0. The molecule has 2 aromatic heterocycles. The number of benzene rings is 4. The number of anilines is 2. The van der Waals surface area contributed by atoms with Crippen LogP contribution in [0.4, 0.5) is 11.5 Å². The molecule has 0 amide bonds. The van der Waals surface area contributed by atoms with Crippen molar-refractivity contribution in [2.24, 2.45) is 14.1 Å². The van der Waals surface area contributed by atoms with Crippen molar-refractivity contribution in [1.29, 1.82) is 0 Å². The summed E-state index contributed by atoms with van der Waals surface area (Å²) in [6, 6.07) is 35.0. The first-order chi connectivity index (χ1) is 17.6. The fraction of sp³-hybridized carbons (Fsp3) is 0.0938. The molecule has 36 heavy (non-hydrogen) atoms. The minimum Gasteiger partial charge on any atom is -0.316 e. The van der Waals surface area contributed by atoms with Gasteiger partial charge >= 0.3 is 5.95 Å². The second-order valence-corrected chi connectivity index (χ2v) is 9.54. The van der Waals surface area contributed by atoms with Crippen molar-refractivity contribution in [1.82, 2.24) is 9.13 Å². The van der Waals surface area contributed by atoms with Gasteiger partial charge in [0.1, 0.15) is 5.52 Å². The fourth-order valence-electron chi connectivity index (χ4n) is 5.92. The van der Waals surface area contributed by atoms with Gasteiger partial charge in [0.15, 0.2) is 5.82 Å². The van der Waals surface area contributed by atoms with E-state index in [0.29, 0.717) is 0 Å². The molecule has 4 nitrogen and oxygen atoms in total. The van der Waals surface area contributed by atoms with Crippen molar-refractivity contribution in [2.45, 2.75) is 0 Å². The lowest BCUT2D eigenvalue weighted by atomic mass is 9.92. The average molecular weight is 468 g/mol. The molecule has 174 valence electrons. The Hall–Kier alpha value is -4.57. The molecule has 0 fully saturated rings. The lowest BCUT2D eigenvalue weighted by Crippen LogP contribution is -2.33. The van der Waals surface area contributed by atoms with Crippen LogP contribution in [-0.2, 0) is 14.1 Å². The van der Waals surface area contributed by atoms with Crippen LogP contribution in [-0.4, -0.2) is 16.2 Å². The Labute approximate surface area is 210 Å². The van der Waals surface area contributed by atoms with E-state index in [4.69, 9.17) is 0 Å². The molecule has 0 radical (unpaired) electrons. The standard InChI is InChI=1S/C32H27N4/c1-33-20-21-34(2)32(33)36-28-19-10-9-16-27(28)29-25-15-8-7-14-24(25)26-18-11-17-23(22-12-5-4-6-13-22)30(26)35(3)31(29)36/h4-21H,1-3H3/q+1. The highest BCUT2D eigenvalue weighted by atomic mass is 15.3. The average Bonchev–Trinajstić information content (AvgIpc) is 3.40. The SMILES string of the molecule is CN1c2c(-c3ccccc3)cccc2-c2ccccc2-c2c1n(-c1n(C)cc[n+]1C)c1ccccc21. The van der Waals surface area contributed by atoms with E-state index in [1.807, 2.05) is 0 Å². The van der Waals surface area contributed by atoms with E-state index in [-0.39, 0.29) is 0 Å². The summed E-state index contributed by atoms with van der Waals surface area (Å²) in [6.45, 7) is 0. The third-order valence-electron chi connectivity index (χ3n) is 7.46. The Kier molecular flexibility index (Phi) is 4.45. The molecule has 3 heterocycles. The summed E-state index contributed by atoms with van der Waals surface area (Å²) in [4.78, 5) is 2.40. The summed E-state index contributed by atoms with van der Waals surface area (Å²) >= 11 is 0. The van der Waals surface area contributed by atoms with Crippen LogP contribution in [0.5, 0.6) is 0 Å². The third kappa shape index (κ3) is 2.78. The van der Waals surface area contributed by atoms with Crippen molar-refractivity contribution < 1.29 is 4.57 Å². The molecule has 0 atom stereocenters. The molecule has 4 heteroatoms. The zero-order valence-electron chi connectivity index (χ0n) is 20.7. The van der Waals surface area contributed by atoms with E-state index < -0.39 is 0 Å². The highest BCUT2D eigenvalue weighted by Crippen LogP contribution is 2.53. The number of aryl methyl sites for hydroxylation is 2. The zero-order chi connectivity index (χ0) is 24.4. The van der Waals surface area contributed by atoms with Crippen LogP contribution >= 0.6 is 0 Å². The van der Waals surface area contributed by atoms with Crippen molar-refractivity contribution in [3.05, 3.63) is 109 Å². The van der Waals surface area contributed by atoms with Crippen molar-refractivity contribution in [2.75, 3.05) is 11.9 Å². The smallest absolute Gasteiger partial charge is 0.316 e. The normalized spacial score (nSPS) is 12.2. The van der Waals surface area contributed by atoms with Gasteiger partial charge in [-0.15, -0.1) is 0 Å². The molecular formula is C32H27N4+. The fourth-order valence-corrected chi connectivity index (χ4v) is 5.92. The molecule has 0 spiro atoms. The lowest BCUT2D eigenvalue weighted by molar-refractivity contribution is -0.664. The van der Waals surface area contributed by atoms with E-state index in [9.17, 15) is 0 Å². The van der Waals surface area contributed by atoms with E-state index >= 15 is 0 Å². The Morgan fingerprint density at radius 2 is 1.31 bits per heavy atom. The molecule has 1 aliphatic heterocycles. The van der Waals surface area contributed by atoms with Crippen LogP contribution in [0, 0.1) is 0 Å². The van der Waals surface area contributed by atoms with E-state index in [2.05, 4.69) is 149 Å². The molecule has 7 rings (SSSR count). The number of rotatable bonds is 2. The van der Waals surface area contributed by atoms with Gasteiger partial charge in [0, 0.05) is 23.6 Å². The van der Waals surface area contributed by atoms with Gasteiger partial charge < -0.3 is 4.90 Å². The van der Waals surface area contributed by atoms with Gasteiger partial charge in [0.25, 0.3) is 0 Å². The molecule has 0 unspecified atom stereocenters. The molecular weight excluding hydrogens is 440 g/mol. The number of hydrogen-bond acceptors (Lipinski definition) is 1. The molecule has 6 aromatic rings. The number of aromatic nitrogens is 3. The van der Waals surface area contributed by atoms with Gasteiger partial charge in [-0.25, -0.2) is 9.13 Å². The first kappa shape index (κ1) is 20.8. The predicted molar refractivity (Wildman–Crippen MR) is 148 cm³/mol.